The number of ether oxygens (including phenoxy) is 1. The Hall–Kier alpha value is -3.43. The number of carbonyl (C=O) groups is 3. The van der Waals surface area contributed by atoms with E-state index in [9.17, 15) is 14.4 Å². The van der Waals surface area contributed by atoms with Crippen LogP contribution in [0.25, 0.3) is 0 Å². The largest absolute Gasteiger partial charge is 0.489 e. The predicted molar refractivity (Wildman–Crippen MR) is 145 cm³/mol. The lowest BCUT2D eigenvalue weighted by molar-refractivity contribution is -0.129. The highest BCUT2D eigenvalue weighted by molar-refractivity contribution is 5.88. The number of hydrogen-bond acceptors (Lipinski definition) is 6. The first-order valence-electron chi connectivity index (χ1n) is 12.7. The molecule has 4 atom stereocenters. The number of hydrogen-bond donors (Lipinski definition) is 5. The molecular formula is C28H41N5O4. The van der Waals surface area contributed by atoms with Crippen molar-refractivity contribution in [3.05, 3.63) is 65.7 Å². The molecule has 4 unspecified atom stereocenters. The highest BCUT2D eigenvalue weighted by Gasteiger charge is 2.23. The number of primary amides is 1. The summed E-state index contributed by atoms with van der Waals surface area (Å²) in [6, 6.07) is 16.4. The fourth-order valence-electron chi connectivity index (χ4n) is 3.59. The Balaban J connectivity index is 2.00. The van der Waals surface area contributed by atoms with E-state index in [-0.39, 0.29) is 30.3 Å². The van der Waals surface area contributed by atoms with Crippen molar-refractivity contribution in [3.63, 3.8) is 0 Å². The summed E-state index contributed by atoms with van der Waals surface area (Å²) in [6.07, 6.45) is 0.730. The predicted octanol–water partition coefficient (Wildman–Crippen LogP) is 1.64. The molecule has 0 aliphatic rings. The van der Waals surface area contributed by atoms with E-state index in [1.807, 2.05) is 68.4 Å². The van der Waals surface area contributed by atoms with Gasteiger partial charge in [0, 0.05) is 43.9 Å². The molecule has 37 heavy (non-hydrogen) atoms. The smallest absolute Gasteiger partial charge is 0.243 e. The van der Waals surface area contributed by atoms with Gasteiger partial charge in [-0.1, -0.05) is 49.4 Å². The number of rotatable bonds is 16. The van der Waals surface area contributed by atoms with E-state index >= 15 is 0 Å². The zero-order valence-electron chi connectivity index (χ0n) is 22.0. The molecule has 9 nitrogen and oxygen atoms in total. The molecule has 2 aromatic rings. The molecule has 0 bridgehead atoms. The van der Waals surface area contributed by atoms with Gasteiger partial charge in [-0.2, -0.15) is 0 Å². The van der Waals surface area contributed by atoms with E-state index < -0.39 is 17.9 Å². The Morgan fingerprint density at radius 1 is 0.892 bits per heavy atom. The van der Waals surface area contributed by atoms with Crippen LogP contribution in [0.1, 0.15) is 44.7 Å². The fourth-order valence-corrected chi connectivity index (χ4v) is 3.59. The van der Waals surface area contributed by atoms with Crippen molar-refractivity contribution in [2.24, 2.45) is 17.4 Å². The summed E-state index contributed by atoms with van der Waals surface area (Å²) in [7, 11) is 0. The van der Waals surface area contributed by atoms with Crippen LogP contribution in [0.3, 0.4) is 0 Å². The van der Waals surface area contributed by atoms with Gasteiger partial charge in [0.1, 0.15) is 18.4 Å². The van der Waals surface area contributed by atoms with Gasteiger partial charge in [0.15, 0.2) is 0 Å². The van der Waals surface area contributed by atoms with Gasteiger partial charge >= 0.3 is 0 Å². The summed E-state index contributed by atoms with van der Waals surface area (Å²) >= 11 is 0. The van der Waals surface area contributed by atoms with Crippen LogP contribution in [0.2, 0.25) is 0 Å². The van der Waals surface area contributed by atoms with E-state index in [4.69, 9.17) is 16.2 Å². The van der Waals surface area contributed by atoms with Gasteiger partial charge in [-0.3, -0.25) is 14.4 Å². The lowest BCUT2D eigenvalue weighted by atomic mass is 10.0. The molecule has 0 heterocycles. The van der Waals surface area contributed by atoms with E-state index in [1.165, 1.54) is 0 Å². The first-order valence-corrected chi connectivity index (χ1v) is 12.7. The maximum atomic E-state index is 13.1. The van der Waals surface area contributed by atoms with Crippen LogP contribution in [-0.4, -0.2) is 48.9 Å². The maximum Gasteiger partial charge on any atom is 0.243 e. The second kappa shape index (κ2) is 15.6. The lowest BCUT2D eigenvalue weighted by Gasteiger charge is -2.22. The van der Waals surface area contributed by atoms with Gasteiger partial charge in [-0.15, -0.1) is 0 Å². The highest BCUT2D eigenvalue weighted by atomic mass is 16.5. The first-order chi connectivity index (χ1) is 17.6. The molecule has 0 aliphatic heterocycles. The van der Waals surface area contributed by atoms with Crippen molar-refractivity contribution >= 4 is 17.7 Å². The Labute approximate surface area is 219 Å². The summed E-state index contributed by atoms with van der Waals surface area (Å²) in [5, 5.41) is 8.99. The minimum Gasteiger partial charge on any atom is -0.489 e. The van der Waals surface area contributed by atoms with Crippen LogP contribution in [0.5, 0.6) is 5.75 Å². The second-order valence-corrected chi connectivity index (χ2v) is 9.63. The van der Waals surface area contributed by atoms with Crippen LogP contribution in [0, 0.1) is 5.92 Å². The average Bonchev–Trinajstić information content (AvgIpc) is 2.86. The van der Waals surface area contributed by atoms with Crippen molar-refractivity contribution in [1.82, 2.24) is 16.0 Å². The average molecular weight is 512 g/mol. The molecule has 0 aliphatic carbocycles. The van der Waals surface area contributed by atoms with Crippen molar-refractivity contribution in [1.29, 1.82) is 0 Å². The van der Waals surface area contributed by atoms with E-state index in [2.05, 4.69) is 16.0 Å². The maximum absolute atomic E-state index is 13.1. The Kier molecular flexibility index (Phi) is 12.6. The Bertz CT molecular complexity index is 982. The van der Waals surface area contributed by atoms with E-state index in [1.54, 1.807) is 6.92 Å². The third-order valence-corrected chi connectivity index (χ3v) is 5.86. The van der Waals surface area contributed by atoms with E-state index in [0.717, 1.165) is 11.1 Å². The van der Waals surface area contributed by atoms with Gasteiger partial charge in [-0.05, 0) is 43.5 Å². The van der Waals surface area contributed by atoms with Gasteiger partial charge in [0.25, 0.3) is 0 Å². The Morgan fingerprint density at radius 3 is 2.19 bits per heavy atom. The number of nitrogens with one attached hydrogen (secondary N) is 3. The third kappa shape index (κ3) is 11.9. The SMILES string of the molecule is CC(N)CNCC(C)NC(=O)C(Cc1ccc(OCc2ccccc2)cc1)NC(=O)CCC(C)C(N)=O. The molecule has 0 saturated heterocycles. The molecule has 0 saturated carbocycles. The molecule has 0 fully saturated rings. The molecule has 202 valence electrons. The molecule has 0 spiro atoms. The first kappa shape index (κ1) is 29.8. The van der Waals surface area contributed by atoms with Crippen molar-refractivity contribution < 1.29 is 19.1 Å². The van der Waals surface area contributed by atoms with Crippen LogP contribution < -0.4 is 32.2 Å². The van der Waals surface area contributed by atoms with Crippen LogP contribution in [0.4, 0.5) is 0 Å². The minimum absolute atomic E-state index is 0.0115. The lowest BCUT2D eigenvalue weighted by Crippen LogP contribution is -2.52. The number of benzene rings is 2. The van der Waals surface area contributed by atoms with Crippen LogP contribution in [0.15, 0.2) is 54.6 Å². The zero-order chi connectivity index (χ0) is 27.2. The quantitative estimate of drug-likeness (QED) is 0.231. The van der Waals surface area contributed by atoms with Gasteiger partial charge in [0.05, 0.1) is 0 Å². The molecule has 2 aromatic carbocycles. The van der Waals surface area contributed by atoms with Crippen molar-refractivity contribution in [3.8, 4) is 5.75 Å². The molecule has 0 aromatic heterocycles. The molecule has 7 N–H and O–H groups in total. The van der Waals surface area contributed by atoms with Crippen LogP contribution in [-0.2, 0) is 27.4 Å². The van der Waals surface area contributed by atoms with Crippen molar-refractivity contribution in [2.45, 2.75) is 64.8 Å². The van der Waals surface area contributed by atoms with Crippen molar-refractivity contribution in [2.75, 3.05) is 13.1 Å². The summed E-state index contributed by atoms with van der Waals surface area (Å²) in [5.74, 6) is -0.746. The molecule has 0 radical (unpaired) electrons. The monoisotopic (exact) mass is 511 g/mol. The van der Waals surface area contributed by atoms with E-state index in [0.29, 0.717) is 38.3 Å². The van der Waals surface area contributed by atoms with Gasteiger partial charge < -0.3 is 32.2 Å². The fraction of sp³-hybridized carbons (Fsp3) is 0.464. The minimum atomic E-state index is -0.775. The van der Waals surface area contributed by atoms with Gasteiger partial charge in [-0.25, -0.2) is 0 Å². The number of amides is 3. The second-order valence-electron chi connectivity index (χ2n) is 9.63. The molecule has 2 rings (SSSR count). The highest BCUT2D eigenvalue weighted by Crippen LogP contribution is 2.16. The van der Waals surface area contributed by atoms with Gasteiger partial charge in [0.2, 0.25) is 17.7 Å². The summed E-state index contributed by atoms with van der Waals surface area (Å²) < 4.78 is 5.84. The number of carbonyl (C=O) groups excluding carboxylic acids is 3. The zero-order valence-corrected chi connectivity index (χ0v) is 22.0. The molecular weight excluding hydrogens is 470 g/mol. The summed E-state index contributed by atoms with van der Waals surface area (Å²) in [5.41, 5.74) is 13.0. The summed E-state index contributed by atoms with van der Waals surface area (Å²) in [6.45, 7) is 7.11. The molecule has 9 heteroatoms. The normalized spacial score (nSPS) is 14.2. The standard InChI is InChI=1S/C28H41N5O4/c1-19(27(30)35)9-14-26(34)33-25(28(36)32-21(3)17-31-16-20(2)29)15-22-10-12-24(13-11-22)37-18-23-7-5-4-6-8-23/h4-8,10-13,19-21,25,31H,9,14-18,29H2,1-3H3,(H2,30,35)(H,32,36)(H,33,34). The third-order valence-electron chi connectivity index (χ3n) is 5.86. The Morgan fingerprint density at radius 2 is 1.57 bits per heavy atom. The topological polar surface area (TPSA) is 149 Å². The molecule has 3 amide bonds. The summed E-state index contributed by atoms with van der Waals surface area (Å²) in [4.78, 5) is 37.0. The number of nitrogens with two attached hydrogens (primary N) is 2. The van der Waals surface area contributed by atoms with Crippen LogP contribution >= 0.6 is 0 Å².